The van der Waals surface area contributed by atoms with Crippen LogP contribution in [0.15, 0.2) is 0 Å². The fraction of sp³-hybridized carbons (Fsp3) is 1.00. The normalized spacial score (nSPS) is 33.8. The minimum Gasteiger partial charge on any atom is -0.212 e. The number of nitrogens with zero attached hydrogens (tertiary/aromatic N) is 2. The van der Waals surface area contributed by atoms with Crippen LogP contribution in [0.2, 0.25) is 0 Å². The molecule has 0 spiro atoms. The minimum atomic E-state index is -3.29. The molecule has 1 unspecified atom stereocenters. The van der Waals surface area contributed by atoms with E-state index in [0.717, 1.165) is 6.42 Å². The first-order valence-electron chi connectivity index (χ1n) is 5.77. The number of rotatable bonds is 2. The fourth-order valence-electron chi connectivity index (χ4n) is 2.31. The Hall–Kier alpha value is -0.180. The molecule has 0 aromatic rings. The van der Waals surface area contributed by atoms with Gasteiger partial charge in [0.25, 0.3) is 0 Å². The van der Waals surface area contributed by atoms with Crippen LogP contribution < -0.4 is 0 Å². The van der Waals surface area contributed by atoms with Crippen molar-refractivity contribution in [2.24, 2.45) is 0 Å². The molecular formula is C9H18N2O4S2. The second-order valence-electron chi connectivity index (χ2n) is 4.66. The van der Waals surface area contributed by atoms with Crippen molar-refractivity contribution in [1.82, 2.24) is 8.61 Å². The van der Waals surface area contributed by atoms with Gasteiger partial charge in [-0.2, -0.15) is 0 Å². The minimum absolute atomic E-state index is 0.120. The highest BCUT2D eigenvalue weighted by Gasteiger charge is 2.39. The van der Waals surface area contributed by atoms with Crippen molar-refractivity contribution < 1.29 is 16.8 Å². The van der Waals surface area contributed by atoms with Crippen LogP contribution in [-0.4, -0.2) is 63.1 Å². The number of sulfonamides is 2. The zero-order valence-corrected chi connectivity index (χ0v) is 11.5. The van der Waals surface area contributed by atoms with Gasteiger partial charge >= 0.3 is 0 Å². The summed E-state index contributed by atoms with van der Waals surface area (Å²) in [6.45, 7) is 1.06. The van der Waals surface area contributed by atoms with Crippen LogP contribution in [0.5, 0.6) is 0 Å². The van der Waals surface area contributed by atoms with Gasteiger partial charge in [-0.1, -0.05) is 0 Å². The smallest absolute Gasteiger partial charge is 0.212 e. The second kappa shape index (κ2) is 4.49. The molecule has 2 fully saturated rings. The van der Waals surface area contributed by atoms with Crippen LogP contribution in [0.1, 0.15) is 19.3 Å². The summed E-state index contributed by atoms with van der Waals surface area (Å²) >= 11 is 0. The van der Waals surface area contributed by atoms with E-state index < -0.39 is 25.3 Å². The molecule has 2 heterocycles. The molecule has 1 atom stereocenters. The van der Waals surface area contributed by atoms with Crippen molar-refractivity contribution >= 4 is 20.0 Å². The second-order valence-corrected chi connectivity index (χ2v) is 9.07. The van der Waals surface area contributed by atoms with Gasteiger partial charge in [0.05, 0.1) is 11.0 Å². The maximum Gasteiger partial charge on any atom is 0.218 e. The Kier molecular flexibility index (Phi) is 3.50. The molecule has 2 aliphatic rings. The third-order valence-electron chi connectivity index (χ3n) is 3.48. The van der Waals surface area contributed by atoms with Crippen molar-refractivity contribution in [3.8, 4) is 0 Å². The summed E-state index contributed by atoms with van der Waals surface area (Å²) < 4.78 is 50.0. The molecule has 0 radical (unpaired) electrons. The molecule has 100 valence electrons. The third kappa shape index (κ3) is 2.49. The number of hydrogen-bond acceptors (Lipinski definition) is 4. The van der Waals surface area contributed by atoms with Crippen LogP contribution in [0.3, 0.4) is 0 Å². The lowest BCUT2D eigenvalue weighted by Crippen LogP contribution is -2.44. The molecular weight excluding hydrogens is 264 g/mol. The standard InChI is InChI=1S/C9H18N2O4S2/c1-10-6-4-9(17(10,14)15)8-11-5-2-3-7-16(11,12)13/h9H,2-8H2,1H3. The first-order valence-corrected chi connectivity index (χ1v) is 8.88. The largest absolute Gasteiger partial charge is 0.218 e. The molecule has 0 aromatic heterocycles. The molecule has 2 rings (SSSR count). The topological polar surface area (TPSA) is 74.8 Å². The van der Waals surface area contributed by atoms with E-state index in [1.54, 1.807) is 7.05 Å². The van der Waals surface area contributed by atoms with Gasteiger partial charge in [0, 0.05) is 26.7 Å². The molecule has 0 bridgehead atoms. The lowest BCUT2D eigenvalue weighted by Gasteiger charge is -2.28. The third-order valence-corrected chi connectivity index (χ3v) is 7.68. The Morgan fingerprint density at radius 1 is 1.12 bits per heavy atom. The summed E-state index contributed by atoms with van der Waals surface area (Å²) in [5.41, 5.74) is 0. The Morgan fingerprint density at radius 2 is 1.82 bits per heavy atom. The van der Waals surface area contributed by atoms with Gasteiger partial charge in [0.2, 0.25) is 20.0 Å². The lowest BCUT2D eigenvalue weighted by atomic mass is 10.3. The maximum absolute atomic E-state index is 11.9. The molecule has 0 aromatic carbocycles. The van der Waals surface area contributed by atoms with E-state index in [1.807, 2.05) is 0 Å². The Labute approximate surface area is 103 Å². The molecule has 2 aliphatic heterocycles. The molecule has 2 saturated heterocycles. The van der Waals surface area contributed by atoms with E-state index in [-0.39, 0.29) is 12.3 Å². The fourth-order valence-corrected chi connectivity index (χ4v) is 5.69. The van der Waals surface area contributed by atoms with Gasteiger partial charge in [0.15, 0.2) is 0 Å². The quantitative estimate of drug-likeness (QED) is 0.681. The average molecular weight is 282 g/mol. The highest BCUT2D eigenvalue weighted by atomic mass is 32.2. The van der Waals surface area contributed by atoms with Crippen LogP contribution in [0, 0.1) is 0 Å². The van der Waals surface area contributed by atoms with Crippen molar-refractivity contribution in [3.05, 3.63) is 0 Å². The summed E-state index contributed by atoms with van der Waals surface area (Å²) in [6, 6.07) is 0. The summed E-state index contributed by atoms with van der Waals surface area (Å²) in [6.07, 6.45) is 2.02. The highest BCUT2D eigenvalue weighted by molar-refractivity contribution is 7.90. The zero-order valence-electron chi connectivity index (χ0n) is 9.87. The SMILES string of the molecule is CN1CCC(CN2CCCCS2(=O)=O)S1(=O)=O. The maximum atomic E-state index is 11.9. The van der Waals surface area contributed by atoms with E-state index >= 15 is 0 Å². The van der Waals surface area contributed by atoms with E-state index in [4.69, 9.17) is 0 Å². The predicted molar refractivity (Wildman–Crippen MR) is 64.5 cm³/mol. The van der Waals surface area contributed by atoms with Crippen molar-refractivity contribution in [1.29, 1.82) is 0 Å². The van der Waals surface area contributed by atoms with E-state index in [2.05, 4.69) is 0 Å². The van der Waals surface area contributed by atoms with Crippen molar-refractivity contribution in [2.75, 3.05) is 32.4 Å². The first-order chi connectivity index (χ1) is 7.84. The van der Waals surface area contributed by atoms with E-state index in [1.165, 1.54) is 8.61 Å². The predicted octanol–water partition coefficient (Wildman–Crippen LogP) is -0.554. The van der Waals surface area contributed by atoms with E-state index in [0.29, 0.717) is 25.9 Å². The molecule has 0 saturated carbocycles. The summed E-state index contributed by atoms with van der Waals surface area (Å²) in [5, 5.41) is -0.569. The first kappa shape index (κ1) is 13.3. The van der Waals surface area contributed by atoms with Crippen LogP contribution in [0.25, 0.3) is 0 Å². The van der Waals surface area contributed by atoms with Crippen molar-refractivity contribution in [3.63, 3.8) is 0 Å². The zero-order chi connectivity index (χ0) is 12.7. The highest BCUT2D eigenvalue weighted by Crippen LogP contribution is 2.23. The Bertz CT molecular complexity index is 483. The summed E-state index contributed by atoms with van der Waals surface area (Å²) in [7, 11) is -4.97. The van der Waals surface area contributed by atoms with Gasteiger partial charge in [0.1, 0.15) is 0 Å². The van der Waals surface area contributed by atoms with Crippen LogP contribution in [-0.2, 0) is 20.0 Å². The average Bonchev–Trinajstić information content (AvgIpc) is 2.47. The Balaban J connectivity index is 2.12. The molecule has 8 heteroatoms. The molecule has 0 N–H and O–H groups in total. The molecule has 0 amide bonds. The van der Waals surface area contributed by atoms with Gasteiger partial charge in [-0.15, -0.1) is 0 Å². The molecule has 0 aliphatic carbocycles. The van der Waals surface area contributed by atoms with Crippen LogP contribution in [0.4, 0.5) is 0 Å². The Morgan fingerprint density at radius 3 is 2.35 bits per heavy atom. The summed E-state index contributed by atoms with van der Waals surface area (Å²) in [4.78, 5) is 0. The van der Waals surface area contributed by atoms with Gasteiger partial charge in [-0.3, -0.25) is 0 Å². The molecule has 6 nitrogen and oxygen atoms in total. The van der Waals surface area contributed by atoms with Crippen molar-refractivity contribution in [2.45, 2.75) is 24.5 Å². The van der Waals surface area contributed by atoms with Gasteiger partial charge in [-0.05, 0) is 19.3 Å². The van der Waals surface area contributed by atoms with E-state index in [9.17, 15) is 16.8 Å². The van der Waals surface area contributed by atoms with Gasteiger partial charge in [-0.25, -0.2) is 25.4 Å². The van der Waals surface area contributed by atoms with Gasteiger partial charge < -0.3 is 0 Å². The summed E-state index contributed by atoms with van der Waals surface area (Å²) in [5.74, 6) is 0.148. The number of hydrogen-bond donors (Lipinski definition) is 0. The molecule has 17 heavy (non-hydrogen) atoms. The lowest BCUT2D eigenvalue weighted by molar-refractivity contribution is 0.378. The monoisotopic (exact) mass is 282 g/mol. The van der Waals surface area contributed by atoms with Crippen LogP contribution >= 0.6 is 0 Å².